The highest BCUT2D eigenvalue weighted by Crippen LogP contribution is 2.39. The van der Waals surface area contributed by atoms with Crippen molar-refractivity contribution in [2.45, 2.75) is 57.2 Å². The molecular formula is C20H24N4O. The molecule has 1 aliphatic heterocycles. The van der Waals surface area contributed by atoms with Crippen LogP contribution in [0.4, 0.5) is 11.6 Å². The normalized spacial score (nSPS) is 21.5. The molecule has 4 rings (SSSR count). The van der Waals surface area contributed by atoms with Crippen LogP contribution in [0.15, 0.2) is 36.5 Å². The molecule has 1 aromatic heterocycles. The topological polar surface area (TPSA) is 58.1 Å². The molecule has 0 radical (unpaired) electrons. The van der Waals surface area contributed by atoms with E-state index >= 15 is 0 Å². The maximum atomic E-state index is 11.6. The zero-order valence-electron chi connectivity index (χ0n) is 14.6. The molecule has 1 aliphatic carbocycles. The SMILES string of the molecule is CC(c1ccccc1)N1c2nc(C3CCCCC3)cnc2N[C@@H]1C=O. The number of rotatable bonds is 4. The van der Waals surface area contributed by atoms with Gasteiger partial charge in [-0.2, -0.15) is 0 Å². The van der Waals surface area contributed by atoms with E-state index in [0.29, 0.717) is 11.7 Å². The molecule has 5 nitrogen and oxygen atoms in total. The number of hydrogen-bond acceptors (Lipinski definition) is 5. The molecule has 0 spiro atoms. The zero-order valence-corrected chi connectivity index (χ0v) is 14.6. The van der Waals surface area contributed by atoms with Gasteiger partial charge in [0, 0.05) is 5.92 Å². The summed E-state index contributed by atoms with van der Waals surface area (Å²) in [6.07, 6.45) is 8.63. The van der Waals surface area contributed by atoms with Crippen LogP contribution in [-0.4, -0.2) is 22.4 Å². The van der Waals surface area contributed by atoms with E-state index in [1.165, 1.54) is 32.1 Å². The quantitative estimate of drug-likeness (QED) is 0.854. The van der Waals surface area contributed by atoms with Crippen LogP contribution in [0.3, 0.4) is 0 Å². The van der Waals surface area contributed by atoms with Gasteiger partial charge < -0.3 is 10.2 Å². The van der Waals surface area contributed by atoms with Gasteiger partial charge in [0.1, 0.15) is 0 Å². The summed E-state index contributed by atoms with van der Waals surface area (Å²) in [4.78, 5) is 23.2. The summed E-state index contributed by atoms with van der Waals surface area (Å²) in [5.41, 5.74) is 2.23. The smallest absolute Gasteiger partial charge is 0.174 e. The lowest BCUT2D eigenvalue weighted by atomic mass is 9.87. The van der Waals surface area contributed by atoms with Crippen molar-refractivity contribution in [2.75, 3.05) is 10.2 Å². The van der Waals surface area contributed by atoms with Gasteiger partial charge in [0.2, 0.25) is 0 Å². The van der Waals surface area contributed by atoms with Crippen LogP contribution in [0.1, 0.15) is 62.2 Å². The van der Waals surface area contributed by atoms with Gasteiger partial charge in [-0.15, -0.1) is 0 Å². The third-order valence-electron chi connectivity index (χ3n) is 5.45. The molecule has 0 bridgehead atoms. The van der Waals surface area contributed by atoms with Crippen molar-refractivity contribution >= 4 is 17.9 Å². The summed E-state index contributed by atoms with van der Waals surface area (Å²) >= 11 is 0. The molecule has 25 heavy (non-hydrogen) atoms. The third kappa shape index (κ3) is 2.99. The minimum Gasteiger partial charge on any atom is -0.341 e. The van der Waals surface area contributed by atoms with Gasteiger partial charge in [-0.3, -0.25) is 4.79 Å². The Balaban J connectivity index is 1.69. The predicted molar refractivity (Wildman–Crippen MR) is 98.7 cm³/mol. The molecule has 1 unspecified atom stereocenters. The van der Waals surface area contributed by atoms with Crippen LogP contribution in [0.5, 0.6) is 0 Å². The fraction of sp³-hybridized carbons (Fsp3) is 0.450. The second-order valence-corrected chi connectivity index (χ2v) is 7.02. The largest absolute Gasteiger partial charge is 0.341 e. The van der Waals surface area contributed by atoms with Gasteiger partial charge in [-0.1, -0.05) is 49.6 Å². The molecular weight excluding hydrogens is 312 g/mol. The molecule has 1 N–H and O–H groups in total. The molecule has 2 aromatic rings. The number of hydrogen-bond donors (Lipinski definition) is 1. The van der Waals surface area contributed by atoms with Gasteiger partial charge in [0.15, 0.2) is 24.1 Å². The van der Waals surface area contributed by atoms with E-state index in [9.17, 15) is 4.79 Å². The standard InChI is InChI=1S/C20H24N4O/c1-14(15-8-4-2-5-9-15)24-18(13-25)23-19-20(24)22-17(12-21-19)16-10-6-3-7-11-16/h2,4-5,8-9,12-14,16,18H,3,6-7,10-11H2,1H3,(H,21,23)/t14?,18-/m0/s1. The second kappa shape index (κ2) is 6.82. The molecule has 2 atom stereocenters. The Morgan fingerprint density at radius 2 is 1.96 bits per heavy atom. The van der Waals surface area contributed by atoms with Crippen molar-refractivity contribution in [3.05, 3.63) is 47.8 Å². The van der Waals surface area contributed by atoms with Gasteiger partial charge in [-0.05, 0) is 25.3 Å². The molecule has 130 valence electrons. The Kier molecular flexibility index (Phi) is 4.38. The van der Waals surface area contributed by atoms with Crippen LogP contribution in [0, 0.1) is 0 Å². The lowest BCUT2D eigenvalue weighted by Crippen LogP contribution is -2.39. The summed E-state index contributed by atoms with van der Waals surface area (Å²) in [5, 5.41) is 3.20. The highest BCUT2D eigenvalue weighted by atomic mass is 16.1. The fourth-order valence-corrected chi connectivity index (χ4v) is 4.03. The van der Waals surface area contributed by atoms with Crippen LogP contribution >= 0.6 is 0 Å². The van der Waals surface area contributed by atoms with E-state index in [1.807, 2.05) is 24.4 Å². The monoisotopic (exact) mass is 336 g/mol. The number of nitrogens with zero attached hydrogens (tertiary/aromatic N) is 3. The molecule has 0 amide bonds. The van der Waals surface area contributed by atoms with Crippen molar-refractivity contribution in [1.82, 2.24) is 9.97 Å². The first kappa shape index (κ1) is 16.1. The van der Waals surface area contributed by atoms with Crippen molar-refractivity contribution < 1.29 is 4.79 Å². The lowest BCUT2D eigenvalue weighted by molar-refractivity contribution is -0.108. The Bertz CT molecular complexity index is 743. The summed E-state index contributed by atoms with van der Waals surface area (Å²) < 4.78 is 0. The van der Waals surface area contributed by atoms with E-state index in [4.69, 9.17) is 4.98 Å². The molecule has 1 aromatic carbocycles. The minimum absolute atomic E-state index is 0.0426. The Morgan fingerprint density at radius 3 is 2.68 bits per heavy atom. The number of benzene rings is 1. The number of anilines is 2. The molecule has 1 fully saturated rings. The van der Waals surface area contributed by atoms with Gasteiger partial charge >= 0.3 is 0 Å². The first-order valence-electron chi connectivity index (χ1n) is 9.20. The number of carbonyl (C=O) groups is 1. The van der Waals surface area contributed by atoms with Crippen molar-refractivity contribution in [1.29, 1.82) is 0 Å². The molecule has 2 heterocycles. The molecule has 5 heteroatoms. The summed E-state index contributed by atoms with van der Waals surface area (Å²) in [7, 11) is 0. The first-order chi connectivity index (χ1) is 12.3. The Morgan fingerprint density at radius 1 is 1.20 bits per heavy atom. The van der Waals surface area contributed by atoms with Crippen molar-refractivity contribution in [3.63, 3.8) is 0 Å². The summed E-state index contributed by atoms with van der Waals surface area (Å²) in [5.74, 6) is 2.01. The number of nitrogens with one attached hydrogen (secondary N) is 1. The minimum atomic E-state index is -0.424. The second-order valence-electron chi connectivity index (χ2n) is 7.02. The maximum Gasteiger partial charge on any atom is 0.174 e. The molecule has 0 saturated heterocycles. The average molecular weight is 336 g/mol. The fourth-order valence-electron chi connectivity index (χ4n) is 4.03. The molecule has 1 saturated carbocycles. The van der Waals surface area contributed by atoms with Crippen LogP contribution in [0.25, 0.3) is 0 Å². The van der Waals surface area contributed by atoms with Gasteiger partial charge in [-0.25, -0.2) is 9.97 Å². The highest BCUT2D eigenvalue weighted by molar-refractivity contribution is 5.80. The maximum absolute atomic E-state index is 11.6. The van der Waals surface area contributed by atoms with Gasteiger partial charge in [0.05, 0.1) is 17.9 Å². The highest BCUT2D eigenvalue weighted by Gasteiger charge is 2.35. The molecule has 2 aliphatic rings. The van der Waals surface area contributed by atoms with Crippen LogP contribution in [0.2, 0.25) is 0 Å². The average Bonchev–Trinajstić information content (AvgIpc) is 3.06. The number of fused-ring (bicyclic) bond motifs is 1. The van der Waals surface area contributed by atoms with E-state index in [0.717, 1.165) is 23.4 Å². The van der Waals surface area contributed by atoms with Crippen LogP contribution in [-0.2, 0) is 4.79 Å². The summed E-state index contributed by atoms with van der Waals surface area (Å²) in [6.45, 7) is 2.11. The first-order valence-corrected chi connectivity index (χ1v) is 9.20. The van der Waals surface area contributed by atoms with Crippen molar-refractivity contribution in [2.24, 2.45) is 0 Å². The van der Waals surface area contributed by atoms with E-state index in [-0.39, 0.29) is 6.04 Å². The van der Waals surface area contributed by atoms with Crippen LogP contribution < -0.4 is 10.2 Å². The predicted octanol–water partition coefficient (Wildman–Crippen LogP) is 4.04. The van der Waals surface area contributed by atoms with E-state index in [2.05, 4.69) is 34.3 Å². The Hall–Kier alpha value is -2.43. The number of aromatic nitrogens is 2. The Labute approximate surface area is 148 Å². The van der Waals surface area contributed by atoms with Crippen molar-refractivity contribution in [3.8, 4) is 0 Å². The lowest BCUT2D eigenvalue weighted by Gasteiger charge is -2.29. The van der Waals surface area contributed by atoms with Gasteiger partial charge in [0.25, 0.3) is 0 Å². The number of carbonyl (C=O) groups excluding carboxylic acids is 1. The van der Waals surface area contributed by atoms with E-state index in [1.54, 1.807) is 0 Å². The number of aldehydes is 1. The van der Waals surface area contributed by atoms with E-state index < -0.39 is 6.17 Å². The third-order valence-corrected chi connectivity index (χ3v) is 5.45. The summed E-state index contributed by atoms with van der Waals surface area (Å²) in [6, 6.07) is 10.3. The zero-order chi connectivity index (χ0) is 17.2.